The quantitative estimate of drug-likeness (QED) is 0.862. The lowest BCUT2D eigenvalue weighted by atomic mass is 9.98. The van der Waals surface area contributed by atoms with Crippen LogP contribution in [0.1, 0.15) is 38.7 Å². The normalized spacial score (nSPS) is 19.1. The number of nitrogens with two attached hydrogens (primary N) is 1. The van der Waals surface area contributed by atoms with Gasteiger partial charge >= 0.3 is 0 Å². The van der Waals surface area contributed by atoms with Crippen molar-refractivity contribution in [1.82, 2.24) is 5.32 Å². The number of para-hydroxylation sites is 1. The van der Waals surface area contributed by atoms with Gasteiger partial charge in [-0.2, -0.15) is 0 Å². The number of nitrogens with zero attached hydrogens (tertiary/aromatic N) is 1. The first-order valence-electron chi connectivity index (χ1n) is 7.40. The molecule has 2 unspecified atom stereocenters. The maximum Gasteiger partial charge on any atom is 0.242 e. The topological polar surface area (TPSA) is 58.4 Å². The Bertz CT molecular complexity index is 473. The molecular formula is C16H25N3O. The van der Waals surface area contributed by atoms with E-state index in [-0.39, 0.29) is 18.0 Å². The van der Waals surface area contributed by atoms with Gasteiger partial charge in [-0.3, -0.25) is 4.79 Å². The van der Waals surface area contributed by atoms with Crippen LogP contribution in [0.25, 0.3) is 0 Å². The van der Waals surface area contributed by atoms with E-state index in [4.69, 9.17) is 5.73 Å². The Labute approximate surface area is 121 Å². The van der Waals surface area contributed by atoms with Gasteiger partial charge in [0.15, 0.2) is 0 Å². The SMILES string of the molecule is CC(C)NC(=O)C(C)N1CC(CCN)c2ccccc21. The van der Waals surface area contributed by atoms with Crippen LogP contribution in [0.4, 0.5) is 5.69 Å². The van der Waals surface area contributed by atoms with Crippen molar-refractivity contribution < 1.29 is 4.79 Å². The van der Waals surface area contributed by atoms with Gasteiger partial charge in [0.05, 0.1) is 0 Å². The Morgan fingerprint density at radius 3 is 2.75 bits per heavy atom. The molecule has 0 aliphatic carbocycles. The predicted molar refractivity (Wildman–Crippen MR) is 82.9 cm³/mol. The summed E-state index contributed by atoms with van der Waals surface area (Å²) >= 11 is 0. The van der Waals surface area contributed by atoms with Gasteiger partial charge in [-0.25, -0.2) is 0 Å². The van der Waals surface area contributed by atoms with Crippen LogP contribution < -0.4 is 16.0 Å². The number of nitrogens with one attached hydrogen (secondary N) is 1. The molecule has 4 heteroatoms. The molecule has 1 heterocycles. The average Bonchev–Trinajstić information content (AvgIpc) is 2.77. The zero-order valence-corrected chi connectivity index (χ0v) is 12.6. The summed E-state index contributed by atoms with van der Waals surface area (Å²) in [6.07, 6.45) is 0.964. The highest BCUT2D eigenvalue weighted by Crippen LogP contribution is 2.38. The summed E-state index contributed by atoms with van der Waals surface area (Å²) in [6, 6.07) is 8.37. The van der Waals surface area contributed by atoms with Gasteiger partial charge in [-0.1, -0.05) is 18.2 Å². The molecule has 1 amide bonds. The van der Waals surface area contributed by atoms with Crippen LogP contribution in [-0.4, -0.2) is 31.1 Å². The highest BCUT2D eigenvalue weighted by Gasteiger charge is 2.33. The van der Waals surface area contributed by atoms with Crippen molar-refractivity contribution in [2.75, 3.05) is 18.0 Å². The van der Waals surface area contributed by atoms with E-state index >= 15 is 0 Å². The van der Waals surface area contributed by atoms with Crippen molar-refractivity contribution in [2.24, 2.45) is 5.73 Å². The number of anilines is 1. The third-order valence-corrected chi connectivity index (χ3v) is 3.90. The van der Waals surface area contributed by atoms with Crippen molar-refractivity contribution in [3.05, 3.63) is 29.8 Å². The Balaban J connectivity index is 2.19. The molecule has 0 saturated carbocycles. The Morgan fingerprint density at radius 2 is 2.10 bits per heavy atom. The van der Waals surface area contributed by atoms with Gasteiger partial charge in [0.2, 0.25) is 5.91 Å². The van der Waals surface area contributed by atoms with Crippen molar-refractivity contribution in [2.45, 2.75) is 45.2 Å². The molecule has 2 rings (SSSR count). The van der Waals surface area contributed by atoms with Gasteiger partial charge < -0.3 is 16.0 Å². The number of hydrogen-bond acceptors (Lipinski definition) is 3. The number of rotatable bonds is 5. The van der Waals surface area contributed by atoms with Gasteiger partial charge in [0.1, 0.15) is 6.04 Å². The van der Waals surface area contributed by atoms with Crippen molar-refractivity contribution in [1.29, 1.82) is 0 Å². The van der Waals surface area contributed by atoms with Crippen molar-refractivity contribution in [3.63, 3.8) is 0 Å². The summed E-state index contributed by atoms with van der Waals surface area (Å²) < 4.78 is 0. The summed E-state index contributed by atoms with van der Waals surface area (Å²) in [5, 5.41) is 2.99. The summed E-state index contributed by atoms with van der Waals surface area (Å²) in [7, 11) is 0. The lowest BCUT2D eigenvalue weighted by Crippen LogP contribution is -2.46. The van der Waals surface area contributed by atoms with E-state index in [1.165, 1.54) is 11.3 Å². The molecule has 0 radical (unpaired) electrons. The molecule has 4 nitrogen and oxygen atoms in total. The number of fused-ring (bicyclic) bond motifs is 1. The molecule has 0 saturated heterocycles. The largest absolute Gasteiger partial charge is 0.359 e. The van der Waals surface area contributed by atoms with E-state index < -0.39 is 0 Å². The summed E-state index contributed by atoms with van der Waals surface area (Å²) in [4.78, 5) is 14.4. The van der Waals surface area contributed by atoms with Crippen LogP contribution in [-0.2, 0) is 4.79 Å². The minimum atomic E-state index is -0.152. The second-order valence-electron chi connectivity index (χ2n) is 5.82. The molecule has 1 aromatic carbocycles. The molecule has 2 atom stereocenters. The van der Waals surface area contributed by atoms with Crippen LogP contribution in [0, 0.1) is 0 Å². The third kappa shape index (κ3) is 2.96. The molecule has 20 heavy (non-hydrogen) atoms. The number of amides is 1. The van der Waals surface area contributed by atoms with Gasteiger partial charge in [-0.15, -0.1) is 0 Å². The van der Waals surface area contributed by atoms with Crippen molar-refractivity contribution >= 4 is 11.6 Å². The highest BCUT2D eigenvalue weighted by molar-refractivity contribution is 5.86. The molecule has 0 spiro atoms. The fourth-order valence-corrected chi connectivity index (χ4v) is 2.89. The van der Waals surface area contributed by atoms with E-state index in [0.717, 1.165) is 13.0 Å². The van der Waals surface area contributed by atoms with Gasteiger partial charge in [-0.05, 0) is 45.4 Å². The fourth-order valence-electron chi connectivity index (χ4n) is 2.89. The predicted octanol–water partition coefficient (Wildman–Crippen LogP) is 1.85. The van der Waals surface area contributed by atoms with E-state index in [1.807, 2.05) is 26.8 Å². The first-order valence-corrected chi connectivity index (χ1v) is 7.40. The molecule has 0 bridgehead atoms. The monoisotopic (exact) mass is 275 g/mol. The minimum absolute atomic E-state index is 0.0863. The Morgan fingerprint density at radius 1 is 1.40 bits per heavy atom. The standard InChI is InChI=1S/C16H25N3O/c1-11(2)18-16(20)12(3)19-10-13(8-9-17)14-6-4-5-7-15(14)19/h4-7,11-13H,8-10,17H2,1-3H3,(H,18,20). The molecule has 1 aliphatic rings. The van der Waals surface area contributed by atoms with Crippen LogP contribution >= 0.6 is 0 Å². The van der Waals surface area contributed by atoms with Gasteiger partial charge in [0, 0.05) is 24.2 Å². The van der Waals surface area contributed by atoms with Crippen LogP contribution in [0.3, 0.4) is 0 Å². The number of carbonyl (C=O) groups is 1. The minimum Gasteiger partial charge on any atom is -0.359 e. The second kappa shape index (κ2) is 6.27. The molecule has 110 valence electrons. The zero-order chi connectivity index (χ0) is 14.7. The molecule has 1 aromatic rings. The van der Waals surface area contributed by atoms with E-state index in [1.54, 1.807) is 0 Å². The van der Waals surface area contributed by atoms with Gasteiger partial charge in [0.25, 0.3) is 0 Å². The number of benzene rings is 1. The zero-order valence-electron chi connectivity index (χ0n) is 12.6. The highest BCUT2D eigenvalue weighted by atomic mass is 16.2. The fraction of sp³-hybridized carbons (Fsp3) is 0.562. The maximum absolute atomic E-state index is 12.2. The summed E-state index contributed by atoms with van der Waals surface area (Å²) in [5.41, 5.74) is 8.21. The average molecular weight is 275 g/mol. The molecule has 1 aliphatic heterocycles. The number of hydrogen-bond donors (Lipinski definition) is 2. The lowest BCUT2D eigenvalue weighted by molar-refractivity contribution is -0.122. The van der Waals surface area contributed by atoms with Crippen LogP contribution in [0.15, 0.2) is 24.3 Å². The lowest BCUT2D eigenvalue weighted by Gasteiger charge is -2.27. The van der Waals surface area contributed by atoms with Crippen LogP contribution in [0.2, 0.25) is 0 Å². The molecule has 3 N–H and O–H groups in total. The first kappa shape index (κ1) is 14.9. The Kier molecular flexibility index (Phi) is 4.65. The van der Waals surface area contributed by atoms with Crippen molar-refractivity contribution in [3.8, 4) is 0 Å². The van der Waals surface area contributed by atoms with Crippen LogP contribution in [0.5, 0.6) is 0 Å². The van der Waals surface area contributed by atoms with E-state index in [2.05, 4.69) is 28.4 Å². The Hall–Kier alpha value is -1.55. The summed E-state index contributed by atoms with van der Waals surface area (Å²) in [5.74, 6) is 0.522. The molecule has 0 fully saturated rings. The third-order valence-electron chi connectivity index (χ3n) is 3.90. The van der Waals surface area contributed by atoms with E-state index in [0.29, 0.717) is 12.5 Å². The number of carbonyl (C=O) groups excluding carboxylic acids is 1. The first-order chi connectivity index (χ1) is 9.54. The maximum atomic E-state index is 12.2. The van der Waals surface area contributed by atoms with E-state index in [9.17, 15) is 4.79 Å². The second-order valence-corrected chi connectivity index (χ2v) is 5.82. The molecule has 0 aromatic heterocycles. The summed E-state index contributed by atoms with van der Waals surface area (Å²) in [6.45, 7) is 7.50. The molecular weight excluding hydrogens is 250 g/mol. The smallest absolute Gasteiger partial charge is 0.242 e.